The van der Waals surface area contributed by atoms with Crippen LogP contribution in [0.2, 0.25) is 0 Å². The van der Waals surface area contributed by atoms with Crippen LogP contribution in [-0.4, -0.2) is 6.29 Å². The second-order valence-electron chi connectivity index (χ2n) is 3.79. The van der Waals surface area contributed by atoms with Crippen molar-refractivity contribution in [2.45, 2.75) is 0 Å². The zero-order chi connectivity index (χ0) is 14.7. The van der Waals surface area contributed by atoms with Gasteiger partial charge in [0.05, 0.1) is 16.1 Å². The van der Waals surface area contributed by atoms with Crippen LogP contribution in [-0.2, 0) is 0 Å². The highest BCUT2D eigenvalue weighted by molar-refractivity contribution is 9.10. The monoisotopic (exact) mass is 337 g/mol. The van der Waals surface area contributed by atoms with E-state index in [9.17, 15) is 13.6 Å². The Balaban J connectivity index is 2.40. The predicted octanol–water partition coefficient (Wildman–Crippen LogP) is 4.20. The predicted molar refractivity (Wildman–Crippen MR) is 70.7 cm³/mol. The highest BCUT2D eigenvalue weighted by Gasteiger charge is 2.13. The first-order valence-corrected chi connectivity index (χ1v) is 6.16. The molecule has 0 aliphatic carbocycles. The van der Waals surface area contributed by atoms with Crippen LogP contribution >= 0.6 is 15.9 Å². The lowest BCUT2D eigenvalue weighted by molar-refractivity contribution is 0.112. The fourth-order valence-electron chi connectivity index (χ4n) is 1.53. The molecule has 0 aromatic heterocycles. The van der Waals surface area contributed by atoms with E-state index in [1.807, 2.05) is 0 Å². The van der Waals surface area contributed by atoms with Gasteiger partial charge < -0.3 is 4.74 Å². The van der Waals surface area contributed by atoms with E-state index < -0.39 is 11.6 Å². The molecule has 0 bridgehead atoms. The molecule has 0 radical (unpaired) electrons. The molecule has 2 rings (SSSR count). The number of hydrogen-bond donors (Lipinski definition) is 0. The van der Waals surface area contributed by atoms with Crippen molar-refractivity contribution in [1.82, 2.24) is 0 Å². The molecule has 0 aliphatic rings. The molecule has 0 heterocycles. The summed E-state index contributed by atoms with van der Waals surface area (Å²) in [6, 6.07) is 7.73. The Morgan fingerprint density at radius 3 is 2.65 bits per heavy atom. The van der Waals surface area contributed by atoms with E-state index in [1.54, 1.807) is 6.07 Å². The maximum atomic E-state index is 13.9. The van der Waals surface area contributed by atoms with Crippen molar-refractivity contribution in [3.8, 4) is 17.6 Å². The molecule has 0 aliphatic heterocycles. The van der Waals surface area contributed by atoms with Crippen molar-refractivity contribution >= 4 is 22.2 Å². The summed E-state index contributed by atoms with van der Waals surface area (Å²) in [4.78, 5) is 10.7. The molecular formula is C14H6BrF2NO2. The fourth-order valence-corrected chi connectivity index (χ4v) is 1.95. The van der Waals surface area contributed by atoms with Crippen molar-refractivity contribution in [2.75, 3.05) is 0 Å². The summed E-state index contributed by atoms with van der Waals surface area (Å²) in [6.07, 6.45) is 0.493. The first kappa shape index (κ1) is 14.2. The van der Waals surface area contributed by atoms with Crippen LogP contribution in [0.1, 0.15) is 15.9 Å². The maximum absolute atomic E-state index is 13.9. The molecule has 2 aromatic rings. The standard InChI is InChI=1S/C14H6BrF2NO2/c15-13-9(7-19)1-2-12(14(13)17)20-11-4-8(6-18)3-10(16)5-11/h1-5,7H. The van der Waals surface area contributed by atoms with Gasteiger partial charge in [-0.3, -0.25) is 4.79 Å². The van der Waals surface area contributed by atoms with Crippen LogP contribution < -0.4 is 4.74 Å². The third kappa shape index (κ3) is 2.83. The molecule has 20 heavy (non-hydrogen) atoms. The van der Waals surface area contributed by atoms with Crippen molar-refractivity contribution in [3.63, 3.8) is 0 Å². The smallest absolute Gasteiger partial charge is 0.180 e. The van der Waals surface area contributed by atoms with E-state index in [0.717, 1.165) is 12.1 Å². The van der Waals surface area contributed by atoms with E-state index >= 15 is 0 Å². The van der Waals surface area contributed by atoms with E-state index in [4.69, 9.17) is 10.00 Å². The van der Waals surface area contributed by atoms with Crippen LogP contribution in [0.5, 0.6) is 11.5 Å². The molecule has 0 fully saturated rings. The number of ether oxygens (including phenoxy) is 1. The highest BCUT2D eigenvalue weighted by atomic mass is 79.9. The summed E-state index contributed by atoms with van der Waals surface area (Å²) in [5, 5.41) is 8.73. The number of nitriles is 1. The van der Waals surface area contributed by atoms with Gasteiger partial charge in [0, 0.05) is 11.6 Å². The Morgan fingerprint density at radius 2 is 2.00 bits per heavy atom. The van der Waals surface area contributed by atoms with E-state index in [1.165, 1.54) is 18.2 Å². The van der Waals surface area contributed by atoms with E-state index in [2.05, 4.69) is 15.9 Å². The van der Waals surface area contributed by atoms with E-state index in [0.29, 0.717) is 6.29 Å². The summed E-state index contributed by atoms with van der Waals surface area (Å²) in [7, 11) is 0. The summed E-state index contributed by atoms with van der Waals surface area (Å²) in [5.74, 6) is -1.64. The average Bonchev–Trinajstić information content (AvgIpc) is 2.43. The third-order valence-corrected chi connectivity index (χ3v) is 3.24. The molecular weight excluding hydrogens is 332 g/mol. The molecule has 6 heteroatoms. The Hall–Kier alpha value is -2.26. The van der Waals surface area contributed by atoms with Crippen LogP contribution in [0.15, 0.2) is 34.8 Å². The Morgan fingerprint density at radius 1 is 1.25 bits per heavy atom. The van der Waals surface area contributed by atoms with E-state index in [-0.39, 0.29) is 27.1 Å². The second kappa shape index (κ2) is 5.80. The van der Waals surface area contributed by atoms with Gasteiger partial charge in [-0.05, 0) is 40.2 Å². The van der Waals surface area contributed by atoms with Gasteiger partial charge in [0.1, 0.15) is 11.6 Å². The van der Waals surface area contributed by atoms with Crippen LogP contribution in [0.3, 0.4) is 0 Å². The average molecular weight is 338 g/mol. The molecule has 3 nitrogen and oxygen atoms in total. The van der Waals surface area contributed by atoms with Gasteiger partial charge in [-0.2, -0.15) is 5.26 Å². The number of benzene rings is 2. The number of rotatable bonds is 3. The first-order valence-electron chi connectivity index (χ1n) is 5.37. The normalized spacial score (nSPS) is 9.90. The molecule has 0 unspecified atom stereocenters. The summed E-state index contributed by atoms with van der Waals surface area (Å²) in [6.45, 7) is 0. The largest absolute Gasteiger partial charge is 0.454 e. The Bertz CT molecular complexity index is 726. The molecule has 100 valence electrons. The lowest BCUT2D eigenvalue weighted by atomic mass is 10.2. The van der Waals surface area contributed by atoms with Gasteiger partial charge in [0.2, 0.25) is 0 Å². The first-order chi connectivity index (χ1) is 9.55. The second-order valence-corrected chi connectivity index (χ2v) is 4.58. The van der Waals surface area contributed by atoms with Crippen molar-refractivity contribution in [3.05, 3.63) is 57.6 Å². The number of nitrogens with zero attached hydrogens (tertiary/aromatic N) is 1. The quantitative estimate of drug-likeness (QED) is 0.788. The molecule has 0 spiro atoms. The summed E-state index contributed by atoms with van der Waals surface area (Å²) < 4.78 is 32.3. The number of halogens is 3. The van der Waals surface area contributed by atoms with Gasteiger partial charge in [-0.15, -0.1) is 0 Å². The third-order valence-electron chi connectivity index (χ3n) is 2.43. The number of aldehydes is 1. The fraction of sp³-hybridized carbons (Fsp3) is 0. The Kier molecular flexibility index (Phi) is 4.11. The van der Waals surface area contributed by atoms with Gasteiger partial charge >= 0.3 is 0 Å². The SMILES string of the molecule is N#Cc1cc(F)cc(Oc2ccc(C=O)c(Br)c2F)c1. The molecule has 0 atom stereocenters. The van der Waals surface area contributed by atoms with Crippen LogP contribution in [0.4, 0.5) is 8.78 Å². The molecule has 0 saturated carbocycles. The topological polar surface area (TPSA) is 50.1 Å². The minimum Gasteiger partial charge on any atom is -0.454 e. The molecule has 0 N–H and O–H groups in total. The molecule has 0 saturated heterocycles. The van der Waals surface area contributed by atoms with Gasteiger partial charge in [-0.25, -0.2) is 8.78 Å². The van der Waals surface area contributed by atoms with Crippen LogP contribution in [0, 0.1) is 23.0 Å². The van der Waals surface area contributed by atoms with Gasteiger partial charge in [0.15, 0.2) is 17.9 Å². The molecule has 0 amide bonds. The zero-order valence-electron chi connectivity index (χ0n) is 9.86. The maximum Gasteiger partial charge on any atom is 0.180 e. The van der Waals surface area contributed by atoms with Crippen molar-refractivity contribution in [2.24, 2.45) is 0 Å². The van der Waals surface area contributed by atoms with Crippen molar-refractivity contribution < 1.29 is 18.3 Å². The lowest BCUT2D eigenvalue weighted by Crippen LogP contribution is -1.94. The van der Waals surface area contributed by atoms with Crippen molar-refractivity contribution in [1.29, 1.82) is 5.26 Å². The number of carbonyl (C=O) groups excluding carboxylic acids is 1. The van der Waals surface area contributed by atoms with Gasteiger partial charge in [-0.1, -0.05) is 0 Å². The van der Waals surface area contributed by atoms with Crippen LogP contribution in [0.25, 0.3) is 0 Å². The number of carbonyl (C=O) groups is 1. The molecule has 2 aromatic carbocycles. The lowest BCUT2D eigenvalue weighted by Gasteiger charge is -2.09. The Labute approximate surface area is 121 Å². The van der Waals surface area contributed by atoms with Gasteiger partial charge in [0.25, 0.3) is 0 Å². The minimum absolute atomic E-state index is 0.00815. The summed E-state index contributed by atoms with van der Waals surface area (Å²) >= 11 is 2.93. The minimum atomic E-state index is -0.780. The summed E-state index contributed by atoms with van der Waals surface area (Å²) in [5.41, 5.74) is 0.191. The number of hydrogen-bond acceptors (Lipinski definition) is 3. The highest BCUT2D eigenvalue weighted by Crippen LogP contribution is 2.31. The zero-order valence-corrected chi connectivity index (χ0v) is 11.4.